The quantitative estimate of drug-likeness (QED) is 0.874. The van der Waals surface area contributed by atoms with Crippen LogP contribution in [0, 0.1) is 6.92 Å². The van der Waals surface area contributed by atoms with Gasteiger partial charge in [-0.3, -0.25) is 9.59 Å². The standard InChI is InChI=1S/C19H20N2O2/c1-14-7-6-8-15(11-14)12-17(22)21-13-18(23)20(2)19(21)16-9-4-3-5-10-16/h3-11,19H,12-13H2,1-2H3/t19-/m1/s1. The minimum atomic E-state index is -0.319. The molecule has 1 heterocycles. The molecule has 0 aliphatic carbocycles. The molecule has 23 heavy (non-hydrogen) atoms. The van der Waals surface area contributed by atoms with Crippen molar-refractivity contribution in [3.8, 4) is 0 Å². The second kappa shape index (κ2) is 6.24. The molecule has 0 spiro atoms. The third kappa shape index (κ3) is 3.11. The Morgan fingerprint density at radius 3 is 2.57 bits per heavy atom. The van der Waals surface area contributed by atoms with Gasteiger partial charge < -0.3 is 9.80 Å². The van der Waals surface area contributed by atoms with Crippen molar-refractivity contribution in [1.82, 2.24) is 9.80 Å². The minimum Gasteiger partial charge on any atom is -0.320 e. The second-order valence-electron chi connectivity index (χ2n) is 5.98. The van der Waals surface area contributed by atoms with Crippen LogP contribution in [0.1, 0.15) is 22.9 Å². The fourth-order valence-corrected chi connectivity index (χ4v) is 3.04. The fourth-order valence-electron chi connectivity index (χ4n) is 3.04. The first-order chi connectivity index (χ1) is 11.1. The molecule has 0 aromatic heterocycles. The summed E-state index contributed by atoms with van der Waals surface area (Å²) in [6.07, 6.45) is -0.00687. The summed E-state index contributed by atoms with van der Waals surface area (Å²) in [5.74, 6) is -0.0569. The maximum Gasteiger partial charge on any atom is 0.243 e. The third-order valence-electron chi connectivity index (χ3n) is 4.22. The largest absolute Gasteiger partial charge is 0.320 e. The summed E-state index contributed by atoms with van der Waals surface area (Å²) >= 11 is 0. The molecule has 2 aromatic rings. The van der Waals surface area contributed by atoms with E-state index in [1.54, 1.807) is 16.8 Å². The van der Waals surface area contributed by atoms with Crippen LogP contribution in [0.15, 0.2) is 54.6 Å². The van der Waals surface area contributed by atoms with Gasteiger partial charge in [0.05, 0.1) is 6.42 Å². The Morgan fingerprint density at radius 1 is 1.13 bits per heavy atom. The molecule has 1 saturated heterocycles. The predicted molar refractivity (Wildman–Crippen MR) is 88.5 cm³/mol. The van der Waals surface area contributed by atoms with Gasteiger partial charge in [0.2, 0.25) is 11.8 Å². The molecular formula is C19H20N2O2. The molecular weight excluding hydrogens is 288 g/mol. The van der Waals surface area contributed by atoms with E-state index in [9.17, 15) is 9.59 Å². The first-order valence-electron chi connectivity index (χ1n) is 7.72. The van der Waals surface area contributed by atoms with E-state index in [2.05, 4.69) is 0 Å². The lowest BCUT2D eigenvalue weighted by molar-refractivity contribution is -0.132. The Labute approximate surface area is 136 Å². The lowest BCUT2D eigenvalue weighted by Crippen LogP contribution is -2.35. The molecule has 4 heteroatoms. The van der Waals surface area contributed by atoms with E-state index < -0.39 is 0 Å². The number of benzene rings is 2. The van der Waals surface area contributed by atoms with Gasteiger partial charge in [-0.1, -0.05) is 60.2 Å². The molecule has 0 saturated carbocycles. The molecule has 0 unspecified atom stereocenters. The van der Waals surface area contributed by atoms with Gasteiger partial charge in [0.15, 0.2) is 0 Å². The highest BCUT2D eigenvalue weighted by atomic mass is 16.2. The number of likely N-dealkylation sites (N-methyl/N-ethyl adjacent to an activating group) is 1. The third-order valence-corrected chi connectivity index (χ3v) is 4.22. The molecule has 2 amide bonds. The Kier molecular flexibility index (Phi) is 4.15. The highest BCUT2D eigenvalue weighted by Crippen LogP contribution is 2.29. The SMILES string of the molecule is Cc1cccc(CC(=O)N2CC(=O)N(C)[C@H]2c2ccccc2)c1. The zero-order valence-corrected chi connectivity index (χ0v) is 13.4. The van der Waals surface area contributed by atoms with Gasteiger partial charge in [-0.15, -0.1) is 0 Å². The molecule has 1 aliphatic rings. The van der Waals surface area contributed by atoms with Crippen LogP contribution in [0.2, 0.25) is 0 Å². The molecule has 1 aliphatic heterocycles. The molecule has 4 nitrogen and oxygen atoms in total. The van der Waals surface area contributed by atoms with Gasteiger partial charge in [0.25, 0.3) is 0 Å². The zero-order chi connectivity index (χ0) is 16.4. The van der Waals surface area contributed by atoms with Crippen molar-refractivity contribution >= 4 is 11.8 Å². The highest BCUT2D eigenvalue weighted by Gasteiger charge is 2.38. The van der Waals surface area contributed by atoms with E-state index >= 15 is 0 Å². The summed E-state index contributed by atoms with van der Waals surface area (Å²) in [7, 11) is 1.75. The van der Waals surface area contributed by atoms with Gasteiger partial charge in [-0.25, -0.2) is 0 Å². The second-order valence-corrected chi connectivity index (χ2v) is 5.98. The topological polar surface area (TPSA) is 40.6 Å². The molecule has 0 radical (unpaired) electrons. The van der Waals surface area contributed by atoms with Crippen molar-refractivity contribution in [3.05, 3.63) is 71.3 Å². The van der Waals surface area contributed by atoms with Crippen LogP contribution in [0.4, 0.5) is 0 Å². The monoisotopic (exact) mass is 308 g/mol. The van der Waals surface area contributed by atoms with Gasteiger partial charge in [0.1, 0.15) is 12.7 Å². The van der Waals surface area contributed by atoms with Crippen LogP contribution in [-0.4, -0.2) is 35.2 Å². The van der Waals surface area contributed by atoms with E-state index in [-0.39, 0.29) is 24.5 Å². The maximum absolute atomic E-state index is 12.7. The summed E-state index contributed by atoms with van der Waals surface area (Å²) in [6.45, 7) is 2.15. The lowest BCUT2D eigenvalue weighted by atomic mass is 10.1. The molecule has 1 atom stereocenters. The Morgan fingerprint density at radius 2 is 1.87 bits per heavy atom. The van der Waals surface area contributed by atoms with Crippen LogP contribution in [-0.2, 0) is 16.0 Å². The first kappa shape index (κ1) is 15.3. The first-order valence-corrected chi connectivity index (χ1v) is 7.72. The van der Waals surface area contributed by atoms with Crippen LogP contribution in [0.25, 0.3) is 0 Å². The van der Waals surface area contributed by atoms with Crippen LogP contribution < -0.4 is 0 Å². The number of carbonyl (C=O) groups excluding carboxylic acids is 2. The summed E-state index contributed by atoms with van der Waals surface area (Å²) in [4.78, 5) is 28.2. The van der Waals surface area contributed by atoms with E-state index in [4.69, 9.17) is 0 Å². The smallest absolute Gasteiger partial charge is 0.243 e. The van der Waals surface area contributed by atoms with Crippen LogP contribution >= 0.6 is 0 Å². The molecule has 0 bridgehead atoms. The molecule has 2 aromatic carbocycles. The predicted octanol–water partition coefficient (Wildman–Crippen LogP) is 2.54. The molecule has 1 fully saturated rings. The van der Waals surface area contributed by atoms with Gasteiger partial charge in [-0.2, -0.15) is 0 Å². The maximum atomic E-state index is 12.7. The average Bonchev–Trinajstić information content (AvgIpc) is 2.84. The van der Waals surface area contributed by atoms with Crippen LogP contribution in [0.3, 0.4) is 0 Å². The van der Waals surface area contributed by atoms with E-state index in [1.165, 1.54) is 0 Å². The van der Waals surface area contributed by atoms with Crippen molar-refractivity contribution in [3.63, 3.8) is 0 Å². The van der Waals surface area contributed by atoms with Crippen molar-refractivity contribution in [1.29, 1.82) is 0 Å². The average molecular weight is 308 g/mol. The Hall–Kier alpha value is -2.62. The summed E-state index contributed by atoms with van der Waals surface area (Å²) in [5, 5.41) is 0. The Balaban J connectivity index is 1.84. The number of carbonyl (C=O) groups is 2. The summed E-state index contributed by atoms with van der Waals surface area (Å²) in [6, 6.07) is 17.6. The number of amides is 2. The molecule has 118 valence electrons. The van der Waals surface area contributed by atoms with Gasteiger partial charge >= 0.3 is 0 Å². The number of aryl methyl sites for hydroxylation is 1. The van der Waals surface area contributed by atoms with Gasteiger partial charge in [0, 0.05) is 7.05 Å². The summed E-state index contributed by atoms with van der Waals surface area (Å²) in [5.41, 5.74) is 3.06. The fraction of sp³-hybridized carbons (Fsp3) is 0.263. The number of rotatable bonds is 3. The summed E-state index contributed by atoms with van der Waals surface area (Å²) < 4.78 is 0. The van der Waals surface area contributed by atoms with Crippen LogP contribution in [0.5, 0.6) is 0 Å². The van der Waals surface area contributed by atoms with Gasteiger partial charge in [-0.05, 0) is 18.1 Å². The molecule has 0 N–H and O–H groups in total. The number of nitrogens with zero attached hydrogens (tertiary/aromatic N) is 2. The zero-order valence-electron chi connectivity index (χ0n) is 13.4. The highest BCUT2D eigenvalue weighted by molar-refractivity contribution is 5.89. The van der Waals surface area contributed by atoms with Crippen molar-refractivity contribution in [2.24, 2.45) is 0 Å². The minimum absolute atomic E-state index is 0.0258. The number of hydrogen-bond acceptors (Lipinski definition) is 2. The Bertz CT molecular complexity index is 727. The van der Waals surface area contributed by atoms with E-state index in [0.29, 0.717) is 6.42 Å². The van der Waals surface area contributed by atoms with Crippen molar-refractivity contribution < 1.29 is 9.59 Å². The van der Waals surface area contributed by atoms with Crippen molar-refractivity contribution in [2.75, 3.05) is 13.6 Å². The van der Waals surface area contributed by atoms with Crippen molar-refractivity contribution in [2.45, 2.75) is 19.5 Å². The molecule has 3 rings (SSSR count). The normalized spacial score (nSPS) is 17.7. The number of hydrogen-bond donors (Lipinski definition) is 0. The lowest BCUT2D eigenvalue weighted by Gasteiger charge is -2.28. The van der Waals surface area contributed by atoms with E-state index in [1.807, 2.05) is 61.5 Å². The van der Waals surface area contributed by atoms with E-state index in [0.717, 1.165) is 16.7 Å².